The molecule has 0 amide bonds. The van der Waals surface area contributed by atoms with E-state index in [0.29, 0.717) is 12.0 Å². The molecule has 1 saturated heterocycles. The predicted octanol–water partition coefficient (Wildman–Crippen LogP) is 2.10. The van der Waals surface area contributed by atoms with E-state index < -0.39 is 20.7 Å². The Morgan fingerprint density at radius 2 is 1.82 bits per heavy atom. The Bertz CT molecular complexity index is 775. The minimum Gasteiger partial charge on any atom is -0.298 e. The van der Waals surface area contributed by atoms with Gasteiger partial charge < -0.3 is 0 Å². The summed E-state index contributed by atoms with van der Waals surface area (Å²) in [5.41, 5.74) is 1.50. The fraction of sp³-hybridized carbons (Fsp3) is 0.529. The molecule has 1 aromatic carbocycles. The number of carbonyl (C=O) groups is 2. The van der Waals surface area contributed by atoms with E-state index in [-0.39, 0.29) is 29.5 Å². The summed E-state index contributed by atoms with van der Waals surface area (Å²) in [4.78, 5) is 24.5. The second kappa shape index (κ2) is 4.51. The maximum absolute atomic E-state index is 12.5. The number of fused-ring (bicyclic) bond motifs is 1. The third-order valence-electron chi connectivity index (χ3n) is 4.88. The fourth-order valence-corrected chi connectivity index (χ4v) is 5.88. The van der Waals surface area contributed by atoms with Crippen LogP contribution in [-0.4, -0.2) is 31.5 Å². The predicted molar refractivity (Wildman–Crippen MR) is 83.9 cm³/mol. The molecule has 0 aromatic heterocycles. The van der Waals surface area contributed by atoms with Gasteiger partial charge in [-0.1, -0.05) is 19.1 Å². The minimum absolute atomic E-state index is 0.0460. The fourth-order valence-electron chi connectivity index (χ4n) is 3.64. The van der Waals surface area contributed by atoms with Gasteiger partial charge in [-0.15, -0.1) is 0 Å². The Hall–Kier alpha value is -1.49. The van der Waals surface area contributed by atoms with Gasteiger partial charge in [-0.05, 0) is 31.0 Å². The number of carbonyl (C=O) groups excluding carboxylic acids is 2. The quantitative estimate of drug-likeness (QED) is 0.800. The largest absolute Gasteiger partial charge is 0.298 e. The first kappa shape index (κ1) is 15.4. The molecule has 1 aromatic rings. The van der Waals surface area contributed by atoms with Crippen LogP contribution in [0, 0.1) is 5.41 Å². The van der Waals surface area contributed by atoms with E-state index in [2.05, 4.69) is 0 Å². The standard InChI is InChI=1S/C17H20O4S/c1-16(2)13-6-12(5-4-11(13)7-15(16)19)14(18)8-17(3)9-22(20,21)10-17/h4-6H,7-10H2,1-3H3. The van der Waals surface area contributed by atoms with E-state index in [9.17, 15) is 18.0 Å². The Labute approximate surface area is 130 Å². The number of sulfone groups is 1. The van der Waals surface area contributed by atoms with Crippen LogP contribution in [0.2, 0.25) is 0 Å². The monoisotopic (exact) mass is 320 g/mol. The molecule has 0 radical (unpaired) electrons. The lowest BCUT2D eigenvalue weighted by Crippen LogP contribution is -2.47. The van der Waals surface area contributed by atoms with Crippen molar-refractivity contribution in [2.45, 2.75) is 39.0 Å². The molecule has 3 rings (SSSR count). The first-order valence-corrected chi connectivity index (χ1v) is 9.25. The van der Waals surface area contributed by atoms with Crippen LogP contribution >= 0.6 is 0 Å². The number of rotatable bonds is 3. The average molecular weight is 320 g/mol. The number of Topliss-reactive ketones (excluding diaryl/α,β-unsaturated/α-hetero) is 2. The van der Waals surface area contributed by atoms with Crippen LogP contribution in [0.5, 0.6) is 0 Å². The SMILES string of the molecule is CC1(CC(=O)c2ccc3c(c2)C(C)(C)C(=O)C3)CS(=O)(=O)C1. The third-order valence-corrected chi connectivity index (χ3v) is 7.15. The second-order valence-electron chi connectivity index (χ2n) is 7.54. The molecular weight excluding hydrogens is 300 g/mol. The Morgan fingerprint density at radius 3 is 2.41 bits per heavy atom. The molecular formula is C17H20O4S. The highest BCUT2D eigenvalue weighted by Gasteiger charge is 2.46. The maximum Gasteiger partial charge on any atom is 0.163 e. The molecule has 0 saturated carbocycles. The van der Waals surface area contributed by atoms with E-state index in [4.69, 9.17) is 0 Å². The molecule has 22 heavy (non-hydrogen) atoms. The van der Waals surface area contributed by atoms with Crippen molar-refractivity contribution in [3.8, 4) is 0 Å². The summed E-state index contributed by atoms with van der Waals surface area (Å²) < 4.78 is 22.7. The van der Waals surface area contributed by atoms with Crippen molar-refractivity contribution in [3.63, 3.8) is 0 Å². The van der Waals surface area contributed by atoms with Crippen molar-refractivity contribution in [2.24, 2.45) is 5.41 Å². The van der Waals surface area contributed by atoms with E-state index >= 15 is 0 Å². The average Bonchev–Trinajstić information content (AvgIpc) is 2.57. The van der Waals surface area contributed by atoms with Gasteiger partial charge in [-0.3, -0.25) is 9.59 Å². The van der Waals surface area contributed by atoms with Crippen LogP contribution in [0.3, 0.4) is 0 Å². The molecule has 0 bridgehead atoms. The first-order chi connectivity index (χ1) is 10.0. The number of ketones is 2. The van der Waals surface area contributed by atoms with E-state index in [1.54, 1.807) is 6.07 Å². The summed E-state index contributed by atoms with van der Waals surface area (Å²) in [6.45, 7) is 5.61. The molecule has 118 valence electrons. The number of benzene rings is 1. The zero-order chi connectivity index (χ0) is 16.3. The van der Waals surface area contributed by atoms with Crippen LogP contribution in [0.25, 0.3) is 0 Å². The van der Waals surface area contributed by atoms with Crippen LogP contribution in [0.4, 0.5) is 0 Å². The molecule has 5 heteroatoms. The van der Waals surface area contributed by atoms with Crippen molar-refractivity contribution in [1.29, 1.82) is 0 Å². The summed E-state index contributed by atoms with van der Waals surface area (Å²) in [6, 6.07) is 5.43. The summed E-state index contributed by atoms with van der Waals surface area (Å²) in [5.74, 6) is 0.293. The van der Waals surface area contributed by atoms with Crippen molar-refractivity contribution in [3.05, 3.63) is 34.9 Å². The van der Waals surface area contributed by atoms with Crippen molar-refractivity contribution >= 4 is 21.4 Å². The highest BCUT2D eigenvalue weighted by atomic mass is 32.2. The van der Waals surface area contributed by atoms with Gasteiger partial charge >= 0.3 is 0 Å². The normalized spacial score (nSPS) is 23.7. The van der Waals surface area contributed by atoms with Gasteiger partial charge in [-0.2, -0.15) is 0 Å². The smallest absolute Gasteiger partial charge is 0.163 e. The Kier molecular flexibility index (Phi) is 3.16. The molecule has 1 heterocycles. The Morgan fingerprint density at radius 1 is 1.18 bits per heavy atom. The number of hydrogen-bond acceptors (Lipinski definition) is 4. The van der Waals surface area contributed by atoms with Gasteiger partial charge in [0.25, 0.3) is 0 Å². The second-order valence-corrected chi connectivity index (χ2v) is 9.60. The molecule has 0 N–H and O–H groups in total. The van der Waals surface area contributed by atoms with Gasteiger partial charge in [0.1, 0.15) is 5.78 Å². The van der Waals surface area contributed by atoms with Gasteiger partial charge in [0.2, 0.25) is 0 Å². The summed E-state index contributed by atoms with van der Waals surface area (Å²) >= 11 is 0. The van der Waals surface area contributed by atoms with Crippen molar-refractivity contribution < 1.29 is 18.0 Å². The van der Waals surface area contributed by atoms with E-state index in [1.807, 2.05) is 32.9 Å². The van der Waals surface area contributed by atoms with Crippen LogP contribution in [0.15, 0.2) is 18.2 Å². The molecule has 0 spiro atoms. The molecule has 4 nitrogen and oxygen atoms in total. The van der Waals surface area contributed by atoms with Crippen LogP contribution < -0.4 is 0 Å². The maximum atomic E-state index is 12.5. The highest BCUT2D eigenvalue weighted by Crippen LogP contribution is 2.39. The first-order valence-electron chi connectivity index (χ1n) is 7.43. The zero-order valence-electron chi connectivity index (χ0n) is 13.1. The van der Waals surface area contributed by atoms with Gasteiger partial charge in [0.15, 0.2) is 15.6 Å². The van der Waals surface area contributed by atoms with Crippen molar-refractivity contribution in [2.75, 3.05) is 11.5 Å². The molecule has 1 fully saturated rings. The lowest BCUT2D eigenvalue weighted by Gasteiger charge is -2.37. The summed E-state index contributed by atoms with van der Waals surface area (Å²) in [7, 11) is -2.95. The lowest BCUT2D eigenvalue weighted by molar-refractivity contribution is -0.121. The molecule has 1 aliphatic heterocycles. The number of hydrogen-bond donors (Lipinski definition) is 0. The lowest BCUT2D eigenvalue weighted by atomic mass is 9.82. The highest BCUT2D eigenvalue weighted by molar-refractivity contribution is 7.92. The van der Waals surface area contributed by atoms with Gasteiger partial charge in [-0.25, -0.2) is 8.42 Å². The van der Waals surface area contributed by atoms with Crippen LogP contribution in [0.1, 0.15) is 48.7 Å². The van der Waals surface area contributed by atoms with Crippen LogP contribution in [-0.2, 0) is 26.5 Å². The van der Waals surface area contributed by atoms with E-state index in [0.717, 1.165) is 11.1 Å². The third kappa shape index (κ3) is 2.41. The van der Waals surface area contributed by atoms with Gasteiger partial charge in [0, 0.05) is 29.2 Å². The van der Waals surface area contributed by atoms with E-state index in [1.165, 1.54) is 0 Å². The summed E-state index contributed by atoms with van der Waals surface area (Å²) in [5, 5.41) is 0. The molecule has 2 aliphatic rings. The minimum atomic E-state index is -2.95. The molecule has 1 aliphatic carbocycles. The summed E-state index contributed by atoms with van der Waals surface area (Å²) in [6.07, 6.45) is 0.659. The zero-order valence-corrected chi connectivity index (χ0v) is 13.9. The molecule has 0 atom stereocenters. The van der Waals surface area contributed by atoms with Crippen molar-refractivity contribution in [1.82, 2.24) is 0 Å². The Balaban J connectivity index is 1.84. The molecule has 0 unspecified atom stereocenters. The topological polar surface area (TPSA) is 68.3 Å². The van der Waals surface area contributed by atoms with Gasteiger partial charge in [0.05, 0.1) is 11.5 Å².